The van der Waals surface area contributed by atoms with Crippen LogP contribution in [0.5, 0.6) is 0 Å². The van der Waals surface area contributed by atoms with Crippen molar-refractivity contribution in [2.75, 3.05) is 0 Å². The lowest BCUT2D eigenvalue weighted by atomic mass is 9.75. The molecule has 0 aliphatic heterocycles. The van der Waals surface area contributed by atoms with Gasteiger partial charge in [-0.2, -0.15) is 0 Å². The van der Waals surface area contributed by atoms with Crippen molar-refractivity contribution in [1.29, 1.82) is 0 Å². The monoisotopic (exact) mass is 298 g/mol. The summed E-state index contributed by atoms with van der Waals surface area (Å²) in [5, 5.41) is 0. The zero-order chi connectivity index (χ0) is 16.1. The summed E-state index contributed by atoms with van der Waals surface area (Å²) in [6.45, 7) is 14.3. The van der Waals surface area contributed by atoms with E-state index in [1.165, 1.54) is 38.5 Å². The van der Waals surface area contributed by atoms with Crippen molar-refractivity contribution in [3.05, 3.63) is 34.4 Å². The molecule has 2 atom stereocenters. The molecule has 0 spiro atoms. The molecular weight excluding hydrogens is 264 g/mol. The fraction of sp³-hybridized carbons (Fsp3) is 0.727. The predicted molar refractivity (Wildman–Crippen MR) is 96.9 cm³/mol. The van der Waals surface area contributed by atoms with E-state index >= 15 is 0 Å². The lowest BCUT2D eigenvalue weighted by Crippen LogP contribution is -2.20. The van der Waals surface area contributed by atoms with Gasteiger partial charge in [0.2, 0.25) is 0 Å². The lowest BCUT2D eigenvalue weighted by molar-refractivity contribution is 0.426. The summed E-state index contributed by atoms with van der Waals surface area (Å²) in [6.07, 6.45) is 8.55. The van der Waals surface area contributed by atoms with Crippen LogP contribution in [0.2, 0.25) is 0 Å². The van der Waals surface area contributed by atoms with Crippen molar-refractivity contribution in [1.82, 2.24) is 0 Å². The molecule has 2 unspecified atom stereocenters. The second-order valence-corrected chi connectivity index (χ2v) is 9.76. The average molecular weight is 299 g/mol. The maximum Gasteiger partial charge on any atom is -0.0125 e. The smallest absolute Gasteiger partial charge is 0.0125 e. The van der Waals surface area contributed by atoms with Crippen molar-refractivity contribution in [3.8, 4) is 0 Å². The molecule has 1 fully saturated rings. The van der Waals surface area contributed by atoms with Crippen LogP contribution in [0.4, 0.5) is 0 Å². The molecule has 0 nitrogen and oxygen atoms in total. The van der Waals surface area contributed by atoms with Gasteiger partial charge in [-0.15, -0.1) is 0 Å². The topological polar surface area (TPSA) is 0 Å². The van der Waals surface area contributed by atoms with E-state index in [4.69, 9.17) is 0 Å². The van der Waals surface area contributed by atoms with E-state index in [0.717, 1.165) is 11.8 Å². The van der Waals surface area contributed by atoms with Gasteiger partial charge in [0, 0.05) is 0 Å². The maximum absolute atomic E-state index is 2.46. The minimum absolute atomic E-state index is 0.266. The molecule has 1 saturated carbocycles. The zero-order valence-corrected chi connectivity index (χ0v) is 15.6. The van der Waals surface area contributed by atoms with Crippen molar-refractivity contribution in [2.24, 2.45) is 5.92 Å². The van der Waals surface area contributed by atoms with E-state index in [0.29, 0.717) is 0 Å². The summed E-state index contributed by atoms with van der Waals surface area (Å²) >= 11 is 0. The lowest BCUT2D eigenvalue weighted by Gasteiger charge is -2.30. The second-order valence-electron chi connectivity index (χ2n) is 9.76. The van der Waals surface area contributed by atoms with E-state index in [1.54, 1.807) is 22.3 Å². The van der Waals surface area contributed by atoms with Gasteiger partial charge in [0.25, 0.3) is 0 Å². The molecule has 2 aliphatic rings. The van der Waals surface area contributed by atoms with Crippen molar-refractivity contribution >= 4 is 0 Å². The third kappa shape index (κ3) is 2.74. The standard InChI is InChI=1S/C22H34/c1-21(2,3)18-12-13-19(22(4,5)6)20-16-11-9-7-8-10-15(16)14-17(18)20/h12-13,15-16H,7-11,14H2,1-6H3. The van der Waals surface area contributed by atoms with Gasteiger partial charge in [0.1, 0.15) is 0 Å². The van der Waals surface area contributed by atoms with Gasteiger partial charge in [0.15, 0.2) is 0 Å². The van der Waals surface area contributed by atoms with E-state index < -0.39 is 0 Å². The van der Waals surface area contributed by atoms with Crippen LogP contribution in [0.3, 0.4) is 0 Å². The van der Waals surface area contributed by atoms with E-state index in [2.05, 4.69) is 53.7 Å². The molecule has 0 N–H and O–H groups in total. The average Bonchev–Trinajstić information content (AvgIpc) is 2.59. The molecular formula is C22H34. The van der Waals surface area contributed by atoms with Crippen LogP contribution in [0.15, 0.2) is 12.1 Å². The highest BCUT2D eigenvalue weighted by Crippen LogP contribution is 2.51. The van der Waals surface area contributed by atoms with Crippen LogP contribution in [0.1, 0.15) is 102 Å². The molecule has 0 saturated heterocycles. The Kier molecular flexibility index (Phi) is 3.94. The van der Waals surface area contributed by atoms with Gasteiger partial charge in [-0.1, -0.05) is 72.9 Å². The van der Waals surface area contributed by atoms with Crippen LogP contribution in [-0.2, 0) is 17.3 Å². The summed E-state index contributed by atoms with van der Waals surface area (Å²) in [6, 6.07) is 4.91. The largest absolute Gasteiger partial charge is 0.0579 e. The molecule has 0 aromatic heterocycles. The molecule has 0 radical (unpaired) electrons. The van der Waals surface area contributed by atoms with Crippen LogP contribution >= 0.6 is 0 Å². The normalized spacial score (nSPS) is 25.5. The SMILES string of the molecule is CC(C)(C)c1ccc(C(C)(C)C)c2c1CC1CCCCCC21. The first kappa shape index (κ1) is 16.1. The summed E-state index contributed by atoms with van der Waals surface area (Å²) in [5.74, 6) is 1.76. The Balaban J connectivity index is 2.18. The maximum atomic E-state index is 2.46. The van der Waals surface area contributed by atoms with Gasteiger partial charge < -0.3 is 0 Å². The van der Waals surface area contributed by atoms with Crippen molar-refractivity contribution in [3.63, 3.8) is 0 Å². The molecule has 3 rings (SSSR count). The third-order valence-electron chi connectivity index (χ3n) is 5.97. The molecule has 2 aliphatic carbocycles. The highest BCUT2D eigenvalue weighted by molar-refractivity contribution is 5.51. The Morgan fingerprint density at radius 1 is 0.773 bits per heavy atom. The van der Waals surface area contributed by atoms with Crippen LogP contribution in [0.25, 0.3) is 0 Å². The Morgan fingerprint density at radius 2 is 1.36 bits per heavy atom. The molecule has 122 valence electrons. The van der Waals surface area contributed by atoms with Gasteiger partial charge in [-0.25, -0.2) is 0 Å². The molecule has 22 heavy (non-hydrogen) atoms. The third-order valence-corrected chi connectivity index (χ3v) is 5.97. The fourth-order valence-electron chi connectivity index (χ4n) is 4.94. The molecule has 1 aromatic carbocycles. The minimum Gasteiger partial charge on any atom is -0.0579 e. The summed E-state index contributed by atoms with van der Waals surface area (Å²) in [5.41, 5.74) is 7.28. The van der Waals surface area contributed by atoms with E-state index in [-0.39, 0.29) is 10.8 Å². The first-order valence-electron chi connectivity index (χ1n) is 9.36. The van der Waals surface area contributed by atoms with Crippen molar-refractivity contribution in [2.45, 2.75) is 96.8 Å². The van der Waals surface area contributed by atoms with Gasteiger partial charge in [-0.05, 0) is 64.2 Å². The Hall–Kier alpha value is -0.780. The zero-order valence-electron chi connectivity index (χ0n) is 15.6. The summed E-state index contributed by atoms with van der Waals surface area (Å²) in [4.78, 5) is 0. The molecule has 1 aromatic rings. The molecule has 0 heterocycles. The van der Waals surface area contributed by atoms with E-state index in [1.807, 2.05) is 0 Å². The van der Waals surface area contributed by atoms with Crippen LogP contribution in [-0.4, -0.2) is 0 Å². The molecule has 0 amide bonds. The highest BCUT2D eigenvalue weighted by Gasteiger charge is 2.39. The first-order chi connectivity index (χ1) is 10.2. The van der Waals surface area contributed by atoms with Gasteiger partial charge in [0.05, 0.1) is 0 Å². The Labute approximate surface area is 137 Å². The minimum atomic E-state index is 0.266. The number of benzene rings is 1. The predicted octanol–water partition coefficient (Wildman–Crippen LogP) is 6.50. The Bertz CT molecular complexity index is 551. The Morgan fingerprint density at radius 3 is 2.00 bits per heavy atom. The van der Waals surface area contributed by atoms with Crippen LogP contribution in [0, 0.1) is 5.92 Å². The highest BCUT2D eigenvalue weighted by atomic mass is 14.4. The van der Waals surface area contributed by atoms with E-state index in [9.17, 15) is 0 Å². The number of hydrogen-bond donors (Lipinski definition) is 0. The van der Waals surface area contributed by atoms with Crippen LogP contribution < -0.4 is 0 Å². The summed E-state index contributed by atoms with van der Waals surface area (Å²) in [7, 11) is 0. The number of fused-ring (bicyclic) bond motifs is 3. The molecule has 0 heteroatoms. The van der Waals surface area contributed by atoms with Crippen molar-refractivity contribution < 1.29 is 0 Å². The molecule has 0 bridgehead atoms. The first-order valence-corrected chi connectivity index (χ1v) is 9.36. The number of hydrogen-bond acceptors (Lipinski definition) is 0. The second kappa shape index (κ2) is 5.39. The van der Waals surface area contributed by atoms with Gasteiger partial charge in [-0.3, -0.25) is 0 Å². The number of rotatable bonds is 0. The summed E-state index contributed by atoms with van der Waals surface area (Å²) < 4.78 is 0. The fourth-order valence-corrected chi connectivity index (χ4v) is 4.94. The van der Waals surface area contributed by atoms with Gasteiger partial charge >= 0.3 is 0 Å². The quantitative estimate of drug-likeness (QED) is 0.512.